The van der Waals surface area contributed by atoms with Gasteiger partial charge in [-0.05, 0) is 54.8 Å². The van der Waals surface area contributed by atoms with Crippen molar-refractivity contribution in [2.45, 2.75) is 30.1 Å². The van der Waals surface area contributed by atoms with Crippen molar-refractivity contribution in [3.05, 3.63) is 65.2 Å². The Kier molecular flexibility index (Phi) is 10.2. The minimum absolute atomic E-state index is 0.0277. The second-order valence-electron chi connectivity index (χ2n) is 7.92. The molecule has 0 heterocycles. The summed E-state index contributed by atoms with van der Waals surface area (Å²) in [5.74, 6) is -4.78. The molecule has 2 aromatic carbocycles. The van der Waals surface area contributed by atoms with Crippen LogP contribution in [0, 0.1) is 11.6 Å². The number of hydrogen-bond acceptors (Lipinski definition) is 9. The zero-order valence-corrected chi connectivity index (χ0v) is 20.2. The number of rotatable bonds is 12. The minimum atomic E-state index is -3.54. The van der Waals surface area contributed by atoms with Crippen molar-refractivity contribution in [2.75, 3.05) is 19.4 Å². The fourth-order valence-corrected chi connectivity index (χ4v) is 3.87. The lowest BCUT2D eigenvalue weighted by Gasteiger charge is -2.17. The molecule has 196 valence electrons. The quantitative estimate of drug-likeness (QED) is 0.0870. The summed E-state index contributed by atoms with van der Waals surface area (Å²) in [6.07, 6.45) is 0.949. The average Bonchev–Trinajstić information content (AvgIpc) is 2.80. The topological polar surface area (TPSA) is 188 Å². The van der Waals surface area contributed by atoms with Gasteiger partial charge >= 0.3 is 11.9 Å². The molecule has 0 aliphatic heterocycles. The summed E-state index contributed by atoms with van der Waals surface area (Å²) < 4.78 is 56.2. The molecule has 0 saturated carbocycles. The smallest absolute Gasteiger partial charge is 0.336 e. The molecule has 1 atom stereocenters. The maximum Gasteiger partial charge on any atom is 0.336 e. The number of carbonyl (C=O) groups excluding carboxylic acids is 1. The average molecular weight is 527 g/mol. The summed E-state index contributed by atoms with van der Waals surface area (Å²) in [7, 11) is -3.54. The Hall–Kier alpha value is -3.23. The molecule has 0 fully saturated rings. The normalized spacial score (nSPS) is 13.3. The molecule has 0 bridgehead atoms. The number of carboxylic acids is 1. The number of benzene rings is 2. The number of halogens is 2. The Balaban J connectivity index is 2.42. The minimum Gasteiger partial charge on any atom is -0.478 e. The molecule has 0 unspecified atom stereocenters. The Bertz CT molecular complexity index is 1230. The van der Waals surface area contributed by atoms with E-state index in [-0.39, 0.29) is 28.0 Å². The second kappa shape index (κ2) is 12.6. The molecule has 0 aliphatic rings. The molecule has 13 heteroatoms. The first-order valence-corrected chi connectivity index (χ1v) is 12.6. The van der Waals surface area contributed by atoms with Crippen LogP contribution in [0.4, 0.5) is 8.78 Å². The van der Waals surface area contributed by atoms with Gasteiger partial charge in [0.1, 0.15) is 18.9 Å². The van der Waals surface area contributed by atoms with Crippen molar-refractivity contribution < 1.29 is 36.6 Å². The maximum absolute atomic E-state index is 13.9. The van der Waals surface area contributed by atoms with Gasteiger partial charge in [0.15, 0.2) is 21.5 Å². The molecule has 2 rings (SSSR count). The molecular formula is C23H28F2N4O6S. The lowest BCUT2D eigenvalue weighted by Crippen LogP contribution is -2.45. The number of nitrogens with two attached hydrogens (primary N) is 3. The second-order valence-corrected chi connectivity index (χ2v) is 9.94. The van der Waals surface area contributed by atoms with Gasteiger partial charge in [-0.25, -0.2) is 22.0 Å². The van der Waals surface area contributed by atoms with Crippen molar-refractivity contribution in [1.82, 2.24) is 5.32 Å². The molecule has 0 aromatic heterocycles. The van der Waals surface area contributed by atoms with Crippen LogP contribution in [0.5, 0.6) is 0 Å². The molecule has 8 N–H and O–H groups in total. The van der Waals surface area contributed by atoms with Crippen molar-refractivity contribution in [3.8, 4) is 0 Å². The highest BCUT2D eigenvalue weighted by Gasteiger charge is 2.23. The predicted molar refractivity (Wildman–Crippen MR) is 129 cm³/mol. The summed E-state index contributed by atoms with van der Waals surface area (Å²) in [4.78, 5) is 24.6. The Labute approximate surface area is 207 Å². The van der Waals surface area contributed by atoms with Gasteiger partial charge in [-0.1, -0.05) is 18.2 Å². The monoisotopic (exact) mass is 526 g/mol. The summed E-state index contributed by atoms with van der Waals surface area (Å²) >= 11 is 0. The molecule has 36 heavy (non-hydrogen) atoms. The van der Waals surface area contributed by atoms with Crippen LogP contribution >= 0.6 is 0 Å². The van der Waals surface area contributed by atoms with Crippen LogP contribution in [0.3, 0.4) is 0 Å². The number of aliphatic carboxylic acids is 1. The Morgan fingerprint density at radius 2 is 1.64 bits per heavy atom. The number of ether oxygens (including phenoxy) is 1. The summed E-state index contributed by atoms with van der Waals surface area (Å²) in [6, 6.07) is 6.64. The van der Waals surface area contributed by atoms with Crippen LogP contribution in [-0.4, -0.2) is 57.2 Å². The van der Waals surface area contributed by atoms with Crippen LogP contribution in [0.15, 0.2) is 47.4 Å². The van der Waals surface area contributed by atoms with Crippen LogP contribution < -0.4 is 22.5 Å². The van der Waals surface area contributed by atoms with Crippen molar-refractivity contribution in [1.29, 1.82) is 0 Å². The fourth-order valence-electron chi connectivity index (χ4n) is 3.24. The third-order valence-corrected chi connectivity index (χ3v) is 6.22. The highest BCUT2D eigenvalue weighted by Crippen LogP contribution is 2.29. The molecular weight excluding hydrogens is 498 g/mol. The highest BCUT2D eigenvalue weighted by atomic mass is 32.2. The van der Waals surface area contributed by atoms with Gasteiger partial charge in [0.25, 0.3) is 0 Å². The van der Waals surface area contributed by atoms with Crippen LogP contribution in [-0.2, 0) is 24.2 Å². The molecule has 2 aromatic rings. The molecule has 0 aliphatic carbocycles. The molecule has 0 spiro atoms. The lowest BCUT2D eigenvalue weighted by atomic mass is 9.95. The summed E-state index contributed by atoms with van der Waals surface area (Å²) in [6.45, 7) is -0.187. The van der Waals surface area contributed by atoms with Crippen molar-refractivity contribution >= 4 is 32.9 Å². The number of sulfone groups is 1. The molecule has 0 amide bonds. The molecule has 0 radical (unpaired) electrons. The van der Waals surface area contributed by atoms with E-state index in [0.717, 1.165) is 18.4 Å². The first-order valence-electron chi connectivity index (χ1n) is 10.7. The molecule has 0 saturated heterocycles. The van der Waals surface area contributed by atoms with E-state index >= 15 is 0 Å². The third kappa shape index (κ3) is 8.17. The van der Waals surface area contributed by atoms with E-state index in [4.69, 9.17) is 21.9 Å². The van der Waals surface area contributed by atoms with Gasteiger partial charge in [-0.2, -0.15) is 0 Å². The largest absolute Gasteiger partial charge is 0.478 e. The van der Waals surface area contributed by atoms with E-state index in [9.17, 15) is 31.9 Å². The number of esters is 1. The highest BCUT2D eigenvalue weighted by molar-refractivity contribution is 7.90. The fraction of sp³-hybridized carbons (Fsp3) is 0.304. The Morgan fingerprint density at radius 3 is 2.17 bits per heavy atom. The standard InChI is InChI=1S/C23H28F2N4O6S/c1-36(33,34)15-7-4-13(5-8-15)16(12-35-22(32)19(26)3-2-10-29-23(27)28)20(21(30)31)14-6-9-17(24)18(25)11-14/h4-9,11,19,23,29H,2-3,10,12,26-28H2,1H3,(H,30,31)/t19-/m0/s1. The van der Waals surface area contributed by atoms with Gasteiger partial charge in [-0.15, -0.1) is 0 Å². The van der Waals surface area contributed by atoms with E-state index in [0.29, 0.717) is 19.0 Å². The van der Waals surface area contributed by atoms with Gasteiger partial charge in [0.05, 0.1) is 10.5 Å². The van der Waals surface area contributed by atoms with Crippen LogP contribution in [0.25, 0.3) is 11.1 Å². The zero-order chi connectivity index (χ0) is 27.0. The number of hydrogen-bond donors (Lipinski definition) is 5. The van der Waals surface area contributed by atoms with Gasteiger partial charge in [0.2, 0.25) is 0 Å². The first kappa shape index (κ1) is 29.0. The first-order chi connectivity index (χ1) is 16.8. The van der Waals surface area contributed by atoms with Crippen molar-refractivity contribution in [3.63, 3.8) is 0 Å². The van der Waals surface area contributed by atoms with Gasteiger partial charge < -0.3 is 27.0 Å². The van der Waals surface area contributed by atoms with E-state index < -0.39 is 57.9 Å². The van der Waals surface area contributed by atoms with E-state index in [1.807, 2.05) is 0 Å². The van der Waals surface area contributed by atoms with E-state index in [1.54, 1.807) is 0 Å². The lowest BCUT2D eigenvalue weighted by molar-refractivity contribution is -0.144. The Morgan fingerprint density at radius 1 is 1.03 bits per heavy atom. The molecule has 10 nitrogen and oxygen atoms in total. The summed E-state index contributed by atoms with van der Waals surface area (Å²) in [5, 5.41) is 12.7. The summed E-state index contributed by atoms with van der Waals surface area (Å²) in [5.41, 5.74) is 16.0. The SMILES string of the molecule is CS(=O)(=O)c1ccc(C(COC(=O)[C@@H](N)CCCNC(N)N)=C(C(=O)O)c2ccc(F)c(F)c2)cc1. The van der Waals surface area contributed by atoms with Gasteiger partial charge in [-0.3, -0.25) is 10.1 Å². The zero-order valence-electron chi connectivity index (χ0n) is 19.4. The number of carbonyl (C=O) groups is 2. The van der Waals surface area contributed by atoms with E-state index in [2.05, 4.69) is 5.32 Å². The van der Waals surface area contributed by atoms with Crippen LogP contribution in [0.2, 0.25) is 0 Å². The third-order valence-electron chi connectivity index (χ3n) is 5.09. The van der Waals surface area contributed by atoms with Crippen molar-refractivity contribution in [2.24, 2.45) is 17.2 Å². The maximum atomic E-state index is 13.9. The van der Waals surface area contributed by atoms with Crippen LogP contribution in [0.1, 0.15) is 24.0 Å². The van der Waals surface area contributed by atoms with Gasteiger partial charge in [0, 0.05) is 11.8 Å². The predicted octanol–water partition coefficient (Wildman–Crippen LogP) is 0.805. The number of nitrogens with one attached hydrogen (secondary N) is 1. The van der Waals surface area contributed by atoms with E-state index in [1.165, 1.54) is 24.3 Å². The number of carboxylic acid groups (broad SMARTS) is 1.